The molecule has 3 aromatic rings. The minimum Gasteiger partial charge on any atom is -0.454 e. The van der Waals surface area contributed by atoms with Crippen molar-refractivity contribution in [3.8, 4) is 11.5 Å². The van der Waals surface area contributed by atoms with Gasteiger partial charge < -0.3 is 19.3 Å². The maximum absolute atomic E-state index is 12.7. The van der Waals surface area contributed by atoms with Crippen LogP contribution in [0.2, 0.25) is 0 Å². The average Bonchev–Trinajstić information content (AvgIpc) is 3.32. The monoisotopic (exact) mass is 383 g/mol. The first-order chi connectivity index (χ1) is 13.2. The summed E-state index contributed by atoms with van der Waals surface area (Å²) in [5.74, 6) is 2.95. The van der Waals surface area contributed by atoms with E-state index in [0.717, 1.165) is 16.2 Å². The summed E-state index contributed by atoms with van der Waals surface area (Å²) in [5, 5.41) is 6.83. The van der Waals surface area contributed by atoms with Gasteiger partial charge in [-0.2, -0.15) is 4.98 Å². The highest BCUT2D eigenvalue weighted by atomic mass is 32.2. The number of thioether (sulfide) groups is 1. The van der Waals surface area contributed by atoms with Gasteiger partial charge in [0.15, 0.2) is 17.3 Å². The number of rotatable bonds is 6. The summed E-state index contributed by atoms with van der Waals surface area (Å²) in [5.41, 5.74) is 1.56. The first-order valence-electron chi connectivity index (χ1n) is 8.37. The number of nitrogens with zero attached hydrogens (tertiary/aromatic N) is 2. The minimum atomic E-state index is -0.139. The summed E-state index contributed by atoms with van der Waals surface area (Å²) in [6, 6.07) is 13.1. The van der Waals surface area contributed by atoms with Gasteiger partial charge in [-0.15, -0.1) is 11.8 Å². The molecule has 0 radical (unpaired) electrons. The van der Waals surface area contributed by atoms with Crippen molar-refractivity contribution >= 4 is 17.7 Å². The maximum Gasteiger partial charge on any atom is 0.252 e. The van der Waals surface area contributed by atoms with Gasteiger partial charge in [0.25, 0.3) is 5.91 Å². The Kier molecular flexibility index (Phi) is 4.97. The lowest BCUT2D eigenvalue weighted by molar-refractivity contribution is 0.0948. The molecule has 8 heteroatoms. The number of hydrogen-bond donors (Lipinski definition) is 1. The number of aryl methyl sites for hydroxylation is 1. The van der Waals surface area contributed by atoms with Gasteiger partial charge in [-0.3, -0.25) is 4.79 Å². The molecule has 0 saturated heterocycles. The van der Waals surface area contributed by atoms with Crippen molar-refractivity contribution in [1.29, 1.82) is 0 Å². The van der Waals surface area contributed by atoms with Gasteiger partial charge in [-0.05, 0) is 29.8 Å². The fraction of sp³-hybridized carbons (Fsp3) is 0.211. The summed E-state index contributed by atoms with van der Waals surface area (Å²) in [6.45, 7) is 2.38. The molecule has 4 rings (SSSR count). The Hall–Kier alpha value is -3.00. The third-order valence-corrected chi connectivity index (χ3v) is 5.02. The van der Waals surface area contributed by atoms with E-state index < -0.39 is 0 Å². The van der Waals surface area contributed by atoms with Crippen LogP contribution in [0.15, 0.2) is 51.9 Å². The average molecular weight is 383 g/mol. The molecule has 1 aliphatic rings. The van der Waals surface area contributed by atoms with E-state index >= 15 is 0 Å². The second-order valence-corrected chi connectivity index (χ2v) is 6.90. The molecule has 0 fully saturated rings. The highest BCUT2D eigenvalue weighted by Gasteiger charge is 2.15. The van der Waals surface area contributed by atoms with Gasteiger partial charge in [-0.1, -0.05) is 23.4 Å². The van der Waals surface area contributed by atoms with Gasteiger partial charge in [0.1, 0.15) is 0 Å². The summed E-state index contributed by atoms with van der Waals surface area (Å²) in [4.78, 5) is 17.7. The van der Waals surface area contributed by atoms with Crippen LogP contribution in [0, 0.1) is 6.92 Å². The Bertz CT molecular complexity index is 973. The highest BCUT2D eigenvalue weighted by molar-refractivity contribution is 7.98. The number of nitrogens with one attached hydrogen (secondary N) is 1. The predicted molar refractivity (Wildman–Crippen MR) is 98.8 cm³/mol. The Morgan fingerprint density at radius 1 is 1.19 bits per heavy atom. The quantitative estimate of drug-likeness (QED) is 0.653. The van der Waals surface area contributed by atoms with Crippen LogP contribution >= 0.6 is 11.8 Å². The number of amides is 1. The van der Waals surface area contributed by atoms with Crippen LogP contribution in [-0.2, 0) is 12.3 Å². The first kappa shape index (κ1) is 17.4. The molecule has 27 heavy (non-hydrogen) atoms. The number of aromatic nitrogens is 2. The fourth-order valence-corrected chi connectivity index (χ4v) is 3.54. The first-order valence-corrected chi connectivity index (χ1v) is 9.35. The normalized spacial score (nSPS) is 12.2. The van der Waals surface area contributed by atoms with Crippen LogP contribution < -0.4 is 14.8 Å². The third kappa shape index (κ3) is 4.06. The molecule has 1 N–H and O–H groups in total. The van der Waals surface area contributed by atoms with E-state index in [0.29, 0.717) is 35.3 Å². The molecule has 0 unspecified atom stereocenters. The number of hydrogen-bond acceptors (Lipinski definition) is 7. The molecule has 1 aliphatic heterocycles. The zero-order valence-electron chi connectivity index (χ0n) is 14.6. The molecule has 1 aromatic heterocycles. The molecule has 138 valence electrons. The van der Waals surface area contributed by atoms with Gasteiger partial charge in [0, 0.05) is 18.4 Å². The van der Waals surface area contributed by atoms with Crippen molar-refractivity contribution in [2.75, 3.05) is 6.79 Å². The Labute approximate surface area is 160 Å². The molecular weight excluding hydrogens is 366 g/mol. The number of ether oxygens (including phenoxy) is 2. The van der Waals surface area contributed by atoms with E-state index in [1.54, 1.807) is 13.0 Å². The van der Waals surface area contributed by atoms with Crippen LogP contribution in [0.3, 0.4) is 0 Å². The molecule has 1 amide bonds. The zero-order chi connectivity index (χ0) is 18.6. The van der Waals surface area contributed by atoms with E-state index in [2.05, 4.69) is 15.5 Å². The lowest BCUT2D eigenvalue weighted by atomic mass is 10.1. The summed E-state index contributed by atoms with van der Waals surface area (Å²) >= 11 is 1.50. The second kappa shape index (κ2) is 7.71. The molecule has 0 spiro atoms. The molecule has 0 atom stereocenters. The molecule has 7 nitrogen and oxygen atoms in total. The molecular formula is C19H17N3O4S. The van der Waals surface area contributed by atoms with E-state index in [4.69, 9.17) is 14.0 Å². The standard InChI is InChI=1S/C19H17N3O4S/c1-12-21-18(22-26-12)10-27-17-5-3-2-4-14(17)19(23)20-9-13-6-7-15-16(8-13)25-11-24-15/h2-8H,9-11H2,1H3,(H,20,23). The Balaban J connectivity index is 1.41. The largest absolute Gasteiger partial charge is 0.454 e. The Morgan fingerprint density at radius 2 is 2.04 bits per heavy atom. The lowest BCUT2D eigenvalue weighted by Gasteiger charge is -2.10. The molecule has 0 bridgehead atoms. The van der Waals surface area contributed by atoms with Crippen LogP contribution in [-0.4, -0.2) is 22.8 Å². The predicted octanol–water partition coefficient (Wildman–Crippen LogP) is 3.33. The summed E-state index contributed by atoms with van der Waals surface area (Å²) < 4.78 is 15.6. The van der Waals surface area contributed by atoms with Crippen molar-refractivity contribution in [2.24, 2.45) is 0 Å². The van der Waals surface area contributed by atoms with Crippen LogP contribution in [0.5, 0.6) is 11.5 Å². The summed E-state index contributed by atoms with van der Waals surface area (Å²) in [6.07, 6.45) is 0. The second-order valence-electron chi connectivity index (χ2n) is 5.88. The van der Waals surface area contributed by atoms with Crippen molar-refractivity contribution in [3.63, 3.8) is 0 Å². The number of benzene rings is 2. The van der Waals surface area contributed by atoms with Gasteiger partial charge in [0.05, 0.1) is 11.3 Å². The zero-order valence-corrected chi connectivity index (χ0v) is 15.4. The van der Waals surface area contributed by atoms with Crippen LogP contribution in [0.1, 0.15) is 27.6 Å². The van der Waals surface area contributed by atoms with Gasteiger partial charge in [0.2, 0.25) is 12.7 Å². The van der Waals surface area contributed by atoms with E-state index in [9.17, 15) is 4.79 Å². The number of fused-ring (bicyclic) bond motifs is 1. The SMILES string of the molecule is Cc1nc(CSc2ccccc2C(=O)NCc2ccc3c(c2)OCO3)no1. The summed E-state index contributed by atoms with van der Waals surface area (Å²) in [7, 11) is 0. The molecule has 0 aliphatic carbocycles. The van der Waals surface area contributed by atoms with Crippen molar-refractivity contribution in [3.05, 3.63) is 65.3 Å². The van der Waals surface area contributed by atoms with Crippen molar-refractivity contribution in [2.45, 2.75) is 24.1 Å². The smallest absolute Gasteiger partial charge is 0.252 e. The van der Waals surface area contributed by atoms with Crippen molar-refractivity contribution < 1.29 is 18.8 Å². The van der Waals surface area contributed by atoms with Crippen molar-refractivity contribution in [1.82, 2.24) is 15.5 Å². The molecule has 2 aromatic carbocycles. The van der Waals surface area contributed by atoms with Crippen LogP contribution in [0.4, 0.5) is 0 Å². The van der Waals surface area contributed by atoms with Crippen LogP contribution in [0.25, 0.3) is 0 Å². The van der Waals surface area contributed by atoms with E-state index in [-0.39, 0.29) is 12.7 Å². The topological polar surface area (TPSA) is 86.5 Å². The fourth-order valence-electron chi connectivity index (χ4n) is 2.65. The van der Waals surface area contributed by atoms with E-state index in [1.165, 1.54) is 11.8 Å². The number of carbonyl (C=O) groups excluding carboxylic acids is 1. The maximum atomic E-state index is 12.7. The molecule has 2 heterocycles. The van der Waals surface area contributed by atoms with Gasteiger partial charge in [-0.25, -0.2) is 0 Å². The Morgan fingerprint density at radius 3 is 2.89 bits per heavy atom. The van der Waals surface area contributed by atoms with Gasteiger partial charge >= 0.3 is 0 Å². The number of carbonyl (C=O) groups is 1. The minimum absolute atomic E-state index is 0.139. The van der Waals surface area contributed by atoms with E-state index in [1.807, 2.05) is 36.4 Å². The lowest BCUT2D eigenvalue weighted by Crippen LogP contribution is -2.23. The molecule has 0 saturated carbocycles. The highest BCUT2D eigenvalue weighted by Crippen LogP contribution is 2.32. The third-order valence-electron chi connectivity index (χ3n) is 3.95.